The lowest BCUT2D eigenvalue weighted by atomic mass is 10.1. The first kappa shape index (κ1) is 14.4. The minimum absolute atomic E-state index is 0. The van der Waals surface area contributed by atoms with Gasteiger partial charge in [-0.25, -0.2) is 0 Å². The van der Waals surface area contributed by atoms with Crippen LogP contribution in [-0.4, -0.2) is 19.0 Å². The summed E-state index contributed by atoms with van der Waals surface area (Å²) in [6.07, 6.45) is 2.57. The van der Waals surface area contributed by atoms with Crippen LogP contribution in [0.4, 0.5) is 0 Å². The highest BCUT2D eigenvalue weighted by molar-refractivity contribution is 14.0. The Morgan fingerprint density at radius 2 is 1.71 bits per heavy atom. The van der Waals surface area contributed by atoms with Crippen LogP contribution in [0.3, 0.4) is 0 Å². The van der Waals surface area contributed by atoms with E-state index in [1.54, 1.807) is 0 Å². The van der Waals surface area contributed by atoms with Crippen molar-refractivity contribution in [2.75, 3.05) is 13.3 Å². The average molecular weight is 322 g/mol. The molecule has 0 nitrogen and oxygen atoms in total. The van der Waals surface area contributed by atoms with Crippen LogP contribution in [0.5, 0.6) is 0 Å². The second-order valence-electron chi connectivity index (χ2n) is 3.72. The molecule has 0 N–H and O–H groups in total. The van der Waals surface area contributed by atoms with Crippen LogP contribution in [-0.2, 0) is 6.42 Å². The highest BCUT2D eigenvalue weighted by Gasteiger charge is 2.10. The zero-order chi connectivity index (χ0) is 9.68. The molecular formula is C12H20IP. The maximum absolute atomic E-state index is 2.38. The van der Waals surface area contributed by atoms with Gasteiger partial charge in [-0.15, -0.1) is 31.9 Å². The van der Waals surface area contributed by atoms with Crippen molar-refractivity contribution in [3.05, 3.63) is 35.9 Å². The van der Waals surface area contributed by atoms with Crippen molar-refractivity contribution in [1.82, 2.24) is 0 Å². The molecule has 1 unspecified atom stereocenters. The molecule has 0 aromatic heterocycles. The highest BCUT2D eigenvalue weighted by Crippen LogP contribution is 2.36. The first-order valence-corrected chi connectivity index (χ1v) is 7.25. The van der Waals surface area contributed by atoms with E-state index in [9.17, 15) is 0 Å². The predicted octanol–water partition coefficient (Wildman–Crippen LogP) is 4.37. The maximum Gasteiger partial charge on any atom is -0.0176 e. The Bertz CT molecular complexity index is 233. The summed E-state index contributed by atoms with van der Waals surface area (Å²) in [6.45, 7) is 7.06. The lowest BCUT2D eigenvalue weighted by Crippen LogP contribution is -2.06. The van der Waals surface area contributed by atoms with Crippen molar-refractivity contribution < 1.29 is 0 Å². The number of hydrogen-bond acceptors (Lipinski definition) is 0. The van der Waals surface area contributed by atoms with Gasteiger partial charge < -0.3 is 0 Å². The maximum atomic E-state index is 2.38. The van der Waals surface area contributed by atoms with Crippen molar-refractivity contribution >= 4 is 31.9 Å². The summed E-state index contributed by atoms with van der Waals surface area (Å²) in [5.41, 5.74) is 2.39. The van der Waals surface area contributed by atoms with E-state index in [4.69, 9.17) is 0 Å². The van der Waals surface area contributed by atoms with Crippen LogP contribution >= 0.6 is 31.9 Å². The van der Waals surface area contributed by atoms with Gasteiger partial charge in [-0.2, -0.15) is 0 Å². The highest BCUT2D eigenvalue weighted by atomic mass is 127. The molecule has 80 valence electrons. The number of halogens is 1. The minimum Gasteiger partial charge on any atom is -0.110 e. The van der Waals surface area contributed by atoms with E-state index in [0.717, 1.165) is 5.66 Å². The smallest absolute Gasteiger partial charge is 0.0176 e. The fourth-order valence-electron chi connectivity index (χ4n) is 1.58. The van der Waals surface area contributed by atoms with Gasteiger partial charge in [0.1, 0.15) is 0 Å². The molecule has 1 atom stereocenters. The molecule has 0 aliphatic rings. The largest absolute Gasteiger partial charge is 0.110 e. The SMILES string of the molecule is CCC(Cc1ccccc1)P(C)C.I. The quantitative estimate of drug-likeness (QED) is 0.570. The third kappa shape index (κ3) is 4.75. The van der Waals surface area contributed by atoms with E-state index in [2.05, 4.69) is 50.6 Å². The summed E-state index contributed by atoms with van der Waals surface area (Å²) >= 11 is 0. The van der Waals surface area contributed by atoms with E-state index in [0.29, 0.717) is 0 Å². The van der Waals surface area contributed by atoms with E-state index >= 15 is 0 Å². The normalized spacial score (nSPS) is 12.3. The van der Waals surface area contributed by atoms with Gasteiger partial charge in [0.2, 0.25) is 0 Å². The van der Waals surface area contributed by atoms with Crippen molar-refractivity contribution in [2.45, 2.75) is 25.4 Å². The average Bonchev–Trinajstić information content (AvgIpc) is 2.15. The summed E-state index contributed by atoms with van der Waals surface area (Å²) < 4.78 is 0. The fourth-order valence-corrected chi connectivity index (χ4v) is 2.88. The van der Waals surface area contributed by atoms with Gasteiger partial charge in [-0.05, 0) is 37.4 Å². The lowest BCUT2D eigenvalue weighted by molar-refractivity contribution is 0.806. The first-order valence-electron chi connectivity index (χ1n) is 4.94. The summed E-state index contributed by atoms with van der Waals surface area (Å²) in [5, 5.41) is 0. The molecule has 0 fully saturated rings. The minimum atomic E-state index is 0. The molecule has 1 aromatic carbocycles. The van der Waals surface area contributed by atoms with Gasteiger partial charge in [0.05, 0.1) is 0 Å². The van der Waals surface area contributed by atoms with E-state index in [-0.39, 0.29) is 31.9 Å². The predicted molar refractivity (Wildman–Crippen MR) is 78.4 cm³/mol. The van der Waals surface area contributed by atoms with Gasteiger partial charge in [-0.1, -0.05) is 37.3 Å². The molecule has 0 aliphatic carbocycles. The number of rotatable bonds is 4. The zero-order valence-corrected chi connectivity index (χ0v) is 12.5. The Hall–Kier alpha value is 0.380. The Kier molecular flexibility index (Phi) is 7.85. The van der Waals surface area contributed by atoms with Crippen LogP contribution in [0.15, 0.2) is 30.3 Å². The lowest BCUT2D eigenvalue weighted by Gasteiger charge is -2.19. The summed E-state index contributed by atoms with van der Waals surface area (Å²) in [7, 11) is 0.212. The Balaban J connectivity index is 0.00000169. The molecule has 0 amide bonds. The van der Waals surface area contributed by atoms with Crippen LogP contribution in [0, 0.1) is 0 Å². The monoisotopic (exact) mass is 322 g/mol. The molecule has 0 bridgehead atoms. The van der Waals surface area contributed by atoms with Crippen LogP contribution in [0.2, 0.25) is 0 Å². The zero-order valence-electron chi connectivity index (χ0n) is 9.23. The van der Waals surface area contributed by atoms with Gasteiger partial charge in [0.25, 0.3) is 0 Å². The summed E-state index contributed by atoms with van der Waals surface area (Å²) in [5.74, 6) is 0. The molecule has 2 heteroatoms. The Morgan fingerprint density at radius 3 is 2.14 bits per heavy atom. The second-order valence-corrected chi connectivity index (χ2v) is 6.37. The summed E-state index contributed by atoms with van der Waals surface area (Å²) in [4.78, 5) is 0. The molecule has 0 radical (unpaired) electrons. The molecule has 14 heavy (non-hydrogen) atoms. The molecule has 1 aromatic rings. The topological polar surface area (TPSA) is 0 Å². The standard InChI is InChI=1S/C12H19P.HI/c1-4-12(13(2)3)10-11-8-6-5-7-9-11;/h5-9,12H,4,10H2,1-3H3;1H. The van der Waals surface area contributed by atoms with E-state index < -0.39 is 0 Å². The second kappa shape index (κ2) is 7.64. The molecule has 0 spiro atoms. The molecular weight excluding hydrogens is 302 g/mol. The molecule has 0 heterocycles. The van der Waals surface area contributed by atoms with Crippen LogP contribution < -0.4 is 0 Å². The van der Waals surface area contributed by atoms with Gasteiger partial charge in [0, 0.05) is 0 Å². The third-order valence-electron chi connectivity index (χ3n) is 2.52. The van der Waals surface area contributed by atoms with Crippen LogP contribution in [0.25, 0.3) is 0 Å². The van der Waals surface area contributed by atoms with E-state index in [1.165, 1.54) is 18.4 Å². The first-order chi connectivity index (χ1) is 6.24. The van der Waals surface area contributed by atoms with Gasteiger partial charge in [-0.3, -0.25) is 0 Å². The van der Waals surface area contributed by atoms with Gasteiger partial charge >= 0.3 is 0 Å². The van der Waals surface area contributed by atoms with Crippen molar-refractivity contribution in [3.63, 3.8) is 0 Å². The Labute approximate surface area is 106 Å². The third-order valence-corrected chi connectivity index (χ3v) is 4.52. The van der Waals surface area contributed by atoms with E-state index in [1.807, 2.05) is 0 Å². The molecule has 0 saturated heterocycles. The van der Waals surface area contributed by atoms with Gasteiger partial charge in [0.15, 0.2) is 0 Å². The number of benzene rings is 1. The molecule has 0 aliphatic heterocycles. The molecule has 0 saturated carbocycles. The fraction of sp³-hybridized carbons (Fsp3) is 0.500. The van der Waals surface area contributed by atoms with Crippen molar-refractivity contribution in [2.24, 2.45) is 0 Å². The summed E-state index contributed by atoms with van der Waals surface area (Å²) in [6, 6.07) is 10.8. The Morgan fingerprint density at radius 1 is 1.14 bits per heavy atom. The molecule has 1 rings (SSSR count). The van der Waals surface area contributed by atoms with Crippen molar-refractivity contribution in [1.29, 1.82) is 0 Å². The van der Waals surface area contributed by atoms with Crippen LogP contribution in [0.1, 0.15) is 18.9 Å². The van der Waals surface area contributed by atoms with Crippen molar-refractivity contribution in [3.8, 4) is 0 Å². The number of hydrogen-bond donors (Lipinski definition) is 0.